The van der Waals surface area contributed by atoms with Crippen LogP contribution < -0.4 is 5.32 Å². The zero-order valence-electron chi connectivity index (χ0n) is 11.6. The van der Waals surface area contributed by atoms with E-state index in [0.717, 1.165) is 25.9 Å². The van der Waals surface area contributed by atoms with Crippen LogP contribution in [-0.4, -0.2) is 43.3 Å². The highest BCUT2D eigenvalue weighted by molar-refractivity contribution is 5.78. The maximum absolute atomic E-state index is 11.5. The normalized spacial score (nSPS) is 10.9. The van der Waals surface area contributed by atoms with E-state index < -0.39 is 0 Å². The average molecular weight is 242 g/mol. The van der Waals surface area contributed by atoms with Gasteiger partial charge in [0.1, 0.15) is 5.78 Å². The molecule has 0 spiro atoms. The predicted molar refractivity (Wildman–Crippen MR) is 69.9 cm³/mol. The van der Waals surface area contributed by atoms with Crippen molar-refractivity contribution in [2.75, 3.05) is 26.7 Å². The monoisotopic (exact) mass is 242 g/mol. The second-order valence-corrected chi connectivity index (χ2v) is 5.09. The molecule has 4 nitrogen and oxygen atoms in total. The summed E-state index contributed by atoms with van der Waals surface area (Å²) in [7, 11) is 1.93. The third kappa shape index (κ3) is 11.4. The van der Waals surface area contributed by atoms with Crippen LogP contribution in [-0.2, 0) is 9.59 Å². The molecule has 0 atom stereocenters. The number of carbonyl (C=O) groups is 2. The summed E-state index contributed by atoms with van der Waals surface area (Å²) in [6.45, 7) is 7.80. The highest BCUT2D eigenvalue weighted by atomic mass is 16.2. The fourth-order valence-electron chi connectivity index (χ4n) is 1.45. The van der Waals surface area contributed by atoms with E-state index in [1.807, 2.05) is 11.9 Å². The van der Waals surface area contributed by atoms with Gasteiger partial charge in [0.05, 0.1) is 6.54 Å². The van der Waals surface area contributed by atoms with Crippen molar-refractivity contribution in [3.63, 3.8) is 0 Å². The van der Waals surface area contributed by atoms with Crippen LogP contribution in [0.1, 0.15) is 40.0 Å². The van der Waals surface area contributed by atoms with Gasteiger partial charge in [-0.2, -0.15) is 0 Å². The molecular formula is C13H26N2O2. The highest BCUT2D eigenvalue weighted by Crippen LogP contribution is 1.98. The molecule has 1 amide bonds. The van der Waals surface area contributed by atoms with Crippen LogP contribution >= 0.6 is 0 Å². The van der Waals surface area contributed by atoms with Crippen LogP contribution in [0.5, 0.6) is 0 Å². The van der Waals surface area contributed by atoms with E-state index in [1.165, 1.54) is 0 Å². The van der Waals surface area contributed by atoms with Crippen molar-refractivity contribution in [1.29, 1.82) is 0 Å². The van der Waals surface area contributed by atoms with E-state index in [2.05, 4.69) is 19.2 Å². The molecular weight excluding hydrogens is 216 g/mol. The minimum absolute atomic E-state index is 0.0766. The minimum Gasteiger partial charge on any atom is -0.355 e. The van der Waals surface area contributed by atoms with E-state index in [0.29, 0.717) is 18.9 Å². The van der Waals surface area contributed by atoms with Crippen LogP contribution in [0.15, 0.2) is 0 Å². The molecule has 0 unspecified atom stereocenters. The molecule has 0 aromatic heterocycles. The van der Waals surface area contributed by atoms with Gasteiger partial charge in [-0.3, -0.25) is 9.69 Å². The Morgan fingerprint density at radius 2 is 1.88 bits per heavy atom. The number of rotatable bonds is 9. The van der Waals surface area contributed by atoms with Gasteiger partial charge < -0.3 is 10.1 Å². The number of nitrogens with zero attached hydrogens (tertiary/aromatic N) is 1. The first-order valence-electron chi connectivity index (χ1n) is 6.36. The molecule has 0 aliphatic carbocycles. The van der Waals surface area contributed by atoms with Crippen molar-refractivity contribution in [3.8, 4) is 0 Å². The van der Waals surface area contributed by atoms with Gasteiger partial charge in [0.2, 0.25) is 5.91 Å². The Morgan fingerprint density at radius 3 is 2.41 bits per heavy atom. The lowest BCUT2D eigenvalue weighted by molar-refractivity contribution is -0.122. The predicted octanol–water partition coefficient (Wildman–Crippen LogP) is 1.45. The molecule has 100 valence electrons. The molecule has 0 aliphatic rings. The number of carbonyl (C=O) groups excluding carboxylic acids is 2. The molecule has 0 saturated carbocycles. The lowest BCUT2D eigenvalue weighted by atomic mass is 10.2. The molecule has 0 bridgehead atoms. The van der Waals surface area contributed by atoms with Crippen molar-refractivity contribution in [3.05, 3.63) is 0 Å². The molecule has 17 heavy (non-hydrogen) atoms. The first kappa shape index (κ1) is 16.1. The molecule has 0 heterocycles. The second kappa shape index (κ2) is 9.16. The smallest absolute Gasteiger partial charge is 0.234 e. The molecule has 0 aromatic carbocycles. The first-order chi connectivity index (χ1) is 7.91. The molecule has 0 saturated heterocycles. The maximum atomic E-state index is 11.5. The molecule has 0 rings (SSSR count). The molecule has 0 aliphatic heterocycles. The zero-order valence-corrected chi connectivity index (χ0v) is 11.6. The van der Waals surface area contributed by atoms with Gasteiger partial charge in [0.15, 0.2) is 0 Å². The topological polar surface area (TPSA) is 49.4 Å². The molecule has 4 heteroatoms. The zero-order chi connectivity index (χ0) is 13.3. The van der Waals surface area contributed by atoms with E-state index >= 15 is 0 Å². The fourth-order valence-corrected chi connectivity index (χ4v) is 1.45. The summed E-state index contributed by atoms with van der Waals surface area (Å²) in [6.07, 6.45) is 2.52. The molecule has 0 fully saturated rings. The third-order valence-electron chi connectivity index (χ3n) is 2.44. The van der Waals surface area contributed by atoms with Gasteiger partial charge in [0.25, 0.3) is 0 Å². The molecule has 0 aromatic rings. The number of amides is 1. The Morgan fingerprint density at radius 1 is 1.24 bits per heavy atom. The number of ketones is 1. The Balaban J connectivity index is 3.53. The fraction of sp³-hybridized carbons (Fsp3) is 0.846. The van der Waals surface area contributed by atoms with Gasteiger partial charge in [-0.25, -0.2) is 0 Å². The van der Waals surface area contributed by atoms with Gasteiger partial charge in [-0.1, -0.05) is 13.8 Å². The first-order valence-corrected chi connectivity index (χ1v) is 6.36. The summed E-state index contributed by atoms with van der Waals surface area (Å²) < 4.78 is 0. The van der Waals surface area contributed by atoms with Crippen LogP contribution in [0.3, 0.4) is 0 Å². The number of unbranched alkanes of at least 4 members (excludes halogenated alkanes) is 1. The summed E-state index contributed by atoms with van der Waals surface area (Å²) in [5.74, 6) is 0.801. The summed E-state index contributed by atoms with van der Waals surface area (Å²) in [6, 6.07) is 0. The van der Waals surface area contributed by atoms with Crippen LogP contribution in [0.25, 0.3) is 0 Å². The Bertz CT molecular complexity index is 240. The quantitative estimate of drug-likeness (QED) is 0.623. The SMILES string of the molecule is CC(=O)CCCCN(C)CC(=O)NCC(C)C. The molecule has 0 radical (unpaired) electrons. The van der Waals surface area contributed by atoms with Gasteiger partial charge >= 0.3 is 0 Å². The largest absolute Gasteiger partial charge is 0.355 e. The maximum Gasteiger partial charge on any atom is 0.234 e. The standard InChI is InChI=1S/C13H26N2O2/c1-11(2)9-14-13(17)10-15(4)8-6-5-7-12(3)16/h11H,5-10H2,1-4H3,(H,14,17). The highest BCUT2D eigenvalue weighted by Gasteiger charge is 2.06. The van der Waals surface area contributed by atoms with Crippen molar-refractivity contribution in [2.45, 2.75) is 40.0 Å². The number of hydrogen-bond acceptors (Lipinski definition) is 3. The van der Waals surface area contributed by atoms with E-state index in [9.17, 15) is 9.59 Å². The van der Waals surface area contributed by atoms with E-state index in [1.54, 1.807) is 6.92 Å². The van der Waals surface area contributed by atoms with Crippen LogP contribution in [0.2, 0.25) is 0 Å². The van der Waals surface area contributed by atoms with Crippen molar-refractivity contribution < 1.29 is 9.59 Å². The summed E-state index contributed by atoms with van der Waals surface area (Å²) in [5.41, 5.74) is 0. The summed E-state index contributed by atoms with van der Waals surface area (Å²) in [4.78, 5) is 24.2. The number of hydrogen-bond donors (Lipinski definition) is 1. The minimum atomic E-state index is 0.0766. The van der Waals surface area contributed by atoms with Crippen molar-refractivity contribution in [1.82, 2.24) is 10.2 Å². The Hall–Kier alpha value is -0.900. The van der Waals surface area contributed by atoms with Gasteiger partial charge in [-0.15, -0.1) is 0 Å². The average Bonchev–Trinajstić information content (AvgIpc) is 2.21. The van der Waals surface area contributed by atoms with Crippen molar-refractivity contribution in [2.24, 2.45) is 5.92 Å². The number of nitrogens with one attached hydrogen (secondary N) is 1. The summed E-state index contributed by atoms with van der Waals surface area (Å²) >= 11 is 0. The van der Waals surface area contributed by atoms with E-state index in [4.69, 9.17) is 0 Å². The Labute approximate surface area is 105 Å². The number of likely N-dealkylation sites (N-methyl/N-ethyl adjacent to an activating group) is 1. The number of Topliss-reactive ketones (excluding diaryl/α,β-unsaturated/α-hetero) is 1. The Kier molecular flexibility index (Phi) is 8.68. The lowest BCUT2D eigenvalue weighted by Crippen LogP contribution is -2.37. The van der Waals surface area contributed by atoms with Crippen molar-refractivity contribution >= 4 is 11.7 Å². The van der Waals surface area contributed by atoms with E-state index in [-0.39, 0.29) is 11.7 Å². The van der Waals surface area contributed by atoms with Crippen LogP contribution in [0, 0.1) is 5.92 Å². The summed E-state index contributed by atoms with van der Waals surface area (Å²) in [5, 5.41) is 2.89. The van der Waals surface area contributed by atoms with Crippen LogP contribution in [0.4, 0.5) is 0 Å². The third-order valence-corrected chi connectivity index (χ3v) is 2.44. The molecule has 1 N–H and O–H groups in total. The van der Waals surface area contributed by atoms with Gasteiger partial charge in [0, 0.05) is 13.0 Å². The van der Waals surface area contributed by atoms with Gasteiger partial charge in [-0.05, 0) is 39.3 Å². The lowest BCUT2D eigenvalue weighted by Gasteiger charge is -2.16. The second-order valence-electron chi connectivity index (χ2n) is 5.09.